The van der Waals surface area contributed by atoms with Crippen molar-refractivity contribution in [3.05, 3.63) is 59.7 Å². The lowest BCUT2D eigenvalue weighted by Crippen LogP contribution is -2.16. The Bertz CT molecular complexity index is 594. The molecule has 0 aliphatic heterocycles. The molecule has 0 aliphatic rings. The quantitative estimate of drug-likeness (QED) is 0.908. The van der Waals surface area contributed by atoms with Gasteiger partial charge in [0.05, 0.1) is 5.56 Å². The second kappa shape index (κ2) is 6.05. The number of phenolic OH excluding ortho intramolecular Hbond substituents is 1. The van der Waals surface area contributed by atoms with Crippen LogP contribution < -0.4 is 4.74 Å². The minimum Gasteiger partial charge on any atom is -0.508 e. The molecule has 2 N–H and O–H groups in total. The van der Waals surface area contributed by atoms with Crippen LogP contribution in [0.15, 0.2) is 48.5 Å². The van der Waals surface area contributed by atoms with Crippen molar-refractivity contribution in [2.75, 3.05) is 6.61 Å². The van der Waals surface area contributed by atoms with Crippen molar-refractivity contribution in [3.8, 4) is 11.5 Å². The van der Waals surface area contributed by atoms with Crippen LogP contribution >= 0.6 is 0 Å². The van der Waals surface area contributed by atoms with E-state index in [9.17, 15) is 18.3 Å². The van der Waals surface area contributed by atoms with Gasteiger partial charge in [-0.2, -0.15) is 13.2 Å². The van der Waals surface area contributed by atoms with E-state index in [0.29, 0.717) is 5.75 Å². The highest BCUT2D eigenvalue weighted by Crippen LogP contribution is 2.34. The summed E-state index contributed by atoms with van der Waals surface area (Å²) in [6.45, 7) is -0.322. The van der Waals surface area contributed by atoms with E-state index in [1.54, 1.807) is 0 Å². The number of benzene rings is 2. The fourth-order valence-corrected chi connectivity index (χ4v) is 1.85. The molecule has 2 rings (SSSR count). The Labute approximate surface area is 119 Å². The van der Waals surface area contributed by atoms with Crippen LogP contribution in [0.1, 0.15) is 17.2 Å². The minimum absolute atomic E-state index is 0.0466. The summed E-state index contributed by atoms with van der Waals surface area (Å²) in [5.41, 5.74) is -1.12. The molecule has 0 spiro atoms. The summed E-state index contributed by atoms with van der Waals surface area (Å²) in [7, 11) is 0. The van der Waals surface area contributed by atoms with E-state index in [1.807, 2.05) is 0 Å². The number of phenols is 1. The van der Waals surface area contributed by atoms with E-state index in [4.69, 9.17) is 9.84 Å². The summed E-state index contributed by atoms with van der Waals surface area (Å²) in [4.78, 5) is 0. The van der Waals surface area contributed by atoms with Gasteiger partial charge in [-0.3, -0.25) is 0 Å². The predicted molar refractivity (Wildman–Crippen MR) is 70.0 cm³/mol. The number of aliphatic hydroxyl groups excluding tert-OH is 1. The number of alkyl halides is 3. The third-order valence-electron chi connectivity index (χ3n) is 2.87. The summed E-state index contributed by atoms with van der Waals surface area (Å²) < 4.78 is 43.7. The number of aliphatic hydroxyl groups is 1. The summed E-state index contributed by atoms with van der Waals surface area (Å²) in [6.07, 6.45) is -5.94. The number of ether oxygens (including phenoxy) is 1. The van der Waals surface area contributed by atoms with E-state index >= 15 is 0 Å². The molecule has 0 heterocycles. The summed E-state index contributed by atoms with van der Waals surface area (Å²) in [6, 6.07) is 10.5. The Morgan fingerprint density at radius 3 is 2.24 bits per heavy atom. The topological polar surface area (TPSA) is 49.7 Å². The molecule has 0 saturated carbocycles. The van der Waals surface area contributed by atoms with Crippen molar-refractivity contribution in [1.82, 2.24) is 0 Å². The molecule has 0 fully saturated rings. The average Bonchev–Trinajstić information content (AvgIpc) is 2.45. The highest BCUT2D eigenvalue weighted by atomic mass is 19.4. The van der Waals surface area contributed by atoms with Gasteiger partial charge in [-0.1, -0.05) is 18.2 Å². The second-order valence-corrected chi connectivity index (χ2v) is 4.41. The maximum absolute atomic E-state index is 12.8. The molecule has 3 nitrogen and oxygen atoms in total. The summed E-state index contributed by atoms with van der Waals surface area (Å²) in [5.74, 6) is 0.390. The van der Waals surface area contributed by atoms with Gasteiger partial charge < -0.3 is 14.9 Å². The summed E-state index contributed by atoms with van der Waals surface area (Å²) >= 11 is 0. The van der Waals surface area contributed by atoms with Crippen molar-refractivity contribution >= 4 is 0 Å². The molecule has 112 valence electrons. The third-order valence-corrected chi connectivity index (χ3v) is 2.87. The molecule has 0 saturated heterocycles. The Kier molecular flexibility index (Phi) is 4.37. The third kappa shape index (κ3) is 3.88. The van der Waals surface area contributed by atoms with Gasteiger partial charge in [0.25, 0.3) is 0 Å². The van der Waals surface area contributed by atoms with Crippen LogP contribution in [-0.2, 0) is 6.18 Å². The Morgan fingerprint density at radius 1 is 1.00 bits per heavy atom. The number of halogens is 3. The van der Waals surface area contributed by atoms with E-state index in [2.05, 4.69) is 0 Å². The summed E-state index contributed by atoms with van der Waals surface area (Å²) in [5, 5.41) is 19.0. The van der Waals surface area contributed by atoms with Gasteiger partial charge in [-0.05, 0) is 35.9 Å². The second-order valence-electron chi connectivity index (χ2n) is 4.41. The Balaban J connectivity index is 2.10. The maximum Gasteiger partial charge on any atom is 0.416 e. The smallest absolute Gasteiger partial charge is 0.416 e. The number of hydrogen-bond acceptors (Lipinski definition) is 3. The molecule has 0 aliphatic carbocycles. The lowest BCUT2D eigenvalue weighted by molar-refractivity contribution is -0.139. The van der Waals surface area contributed by atoms with Crippen LogP contribution in [0.4, 0.5) is 13.2 Å². The van der Waals surface area contributed by atoms with Crippen molar-refractivity contribution in [1.29, 1.82) is 0 Å². The van der Waals surface area contributed by atoms with Gasteiger partial charge in [0.15, 0.2) is 0 Å². The van der Waals surface area contributed by atoms with Gasteiger partial charge in [0, 0.05) is 0 Å². The first kappa shape index (κ1) is 15.2. The highest BCUT2D eigenvalue weighted by molar-refractivity contribution is 5.32. The van der Waals surface area contributed by atoms with Gasteiger partial charge in [-0.15, -0.1) is 0 Å². The molecule has 1 unspecified atom stereocenters. The highest BCUT2D eigenvalue weighted by Gasteiger charge is 2.34. The first-order valence-electron chi connectivity index (χ1n) is 6.14. The zero-order valence-electron chi connectivity index (χ0n) is 10.8. The van der Waals surface area contributed by atoms with E-state index in [1.165, 1.54) is 42.5 Å². The fraction of sp³-hybridized carbons (Fsp3) is 0.200. The molecule has 21 heavy (non-hydrogen) atoms. The SMILES string of the molecule is Oc1ccc(OCC(O)c2ccccc2C(F)(F)F)cc1. The minimum atomic E-state index is -4.53. The number of aromatic hydroxyl groups is 1. The van der Waals surface area contributed by atoms with E-state index in [-0.39, 0.29) is 17.9 Å². The molecule has 0 amide bonds. The van der Waals surface area contributed by atoms with Gasteiger partial charge in [0.1, 0.15) is 24.2 Å². The van der Waals surface area contributed by atoms with Crippen LogP contribution in [0.5, 0.6) is 11.5 Å². The molecule has 0 radical (unpaired) electrons. The normalized spacial score (nSPS) is 13.0. The lowest BCUT2D eigenvalue weighted by atomic mass is 10.0. The van der Waals surface area contributed by atoms with Gasteiger partial charge in [0.2, 0.25) is 0 Å². The largest absolute Gasteiger partial charge is 0.508 e. The van der Waals surface area contributed by atoms with Crippen molar-refractivity contribution in [2.24, 2.45) is 0 Å². The van der Waals surface area contributed by atoms with E-state index < -0.39 is 17.8 Å². The van der Waals surface area contributed by atoms with E-state index in [0.717, 1.165) is 6.07 Å². The maximum atomic E-state index is 12.8. The molecular formula is C15H13F3O3. The fourth-order valence-electron chi connectivity index (χ4n) is 1.85. The molecule has 2 aromatic rings. The van der Waals surface area contributed by atoms with Crippen LogP contribution in [0.25, 0.3) is 0 Å². The van der Waals surface area contributed by atoms with Crippen LogP contribution in [0, 0.1) is 0 Å². The first-order chi connectivity index (χ1) is 9.88. The lowest BCUT2D eigenvalue weighted by Gasteiger charge is -2.18. The van der Waals surface area contributed by atoms with Crippen LogP contribution in [0.2, 0.25) is 0 Å². The molecule has 0 bridgehead atoms. The monoisotopic (exact) mass is 298 g/mol. The van der Waals surface area contributed by atoms with Crippen molar-refractivity contribution in [2.45, 2.75) is 12.3 Å². The molecule has 0 aromatic heterocycles. The zero-order valence-corrected chi connectivity index (χ0v) is 10.8. The van der Waals surface area contributed by atoms with Crippen LogP contribution in [0.3, 0.4) is 0 Å². The van der Waals surface area contributed by atoms with Crippen molar-refractivity contribution < 1.29 is 28.1 Å². The van der Waals surface area contributed by atoms with Gasteiger partial charge in [-0.25, -0.2) is 0 Å². The predicted octanol–water partition coefficient (Wildman–Crippen LogP) is 3.52. The number of hydrogen-bond donors (Lipinski definition) is 2. The Morgan fingerprint density at radius 2 is 1.62 bits per heavy atom. The van der Waals surface area contributed by atoms with Gasteiger partial charge >= 0.3 is 6.18 Å². The zero-order chi connectivity index (χ0) is 15.5. The number of rotatable bonds is 4. The average molecular weight is 298 g/mol. The standard InChI is InChI=1S/C15H13F3O3/c16-15(17,18)13-4-2-1-3-12(13)14(20)9-21-11-7-5-10(19)6-8-11/h1-8,14,19-20H,9H2. The molecule has 1 atom stereocenters. The van der Waals surface area contributed by atoms with Crippen molar-refractivity contribution in [3.63, 3.8) is 0 Å². The van der Waals surface area contributed by atoms with Crippen LogP contribution in [-0.4, -0.2) is 16.8 Å². The Hall–Kier alpha value is -2.21. The first-order valence-corrected chi connectivity index (χ1v) is 6.14. The molecule has 6 heteroatoms. The molecular weight excluding hydrogens is 285 g/mol. The molecule has 2 aromatic carbocycles.